The van der Waals surface area contributed by atoms with Crippen LogP contribution in [0.15, 0.2) is 36.4 Å². The number of tetrazole rings is 1. The van der Waals surface area contributed by atoms with Crippen LogP contribution in [0.25, 0.3) is 5.65 Å². The maximum Gasteiger partial charge on any atom is 0.200 e. The highest BCUT2D eigenvalue weighted by molar-refractivity contribution is 5.45. The van der Waals surface area contributed by atoms with Crippen molar-refractivity contribution in [3.05, 3.63) is 47.5 Å². The van der Waals surface area contributed by atoms with Crippen molar-refractivity contribution in [1.82, 2.24) is 25.3 Å². The lowest BCUT2D eigenvalue weighted by Gasteiger charge is -2.22. The van der Waals surface area contributed by atoms with E-state index in [1.807, 2.05) is 12.1 Å². The van der Waals surface area contributed by atoms with E-state index in [9.17, 15) is 0 Å². The molecule has 0 N–H and O–H groups in total. The van der Waals surface area contributed by atoms with Gasteiger partial charge in [0, 0.05) is 13.1 Å². The molecule has 6 nitrogen and oxygen atoms in total. The molecule has 102 valence electrons. The first kappa shape index (κ1) is 12.5. The highest BCUT2D eigenvalue weighted by Gasteiger charge is 2.10. The molecule has 0 aliphatic carbocycles. The fourth-order valence-corrected chi connectivity index (χ4v) is 2.16. The van der Waals surface area contributed by atoms with Crippen LogP contribution in [0.4, 0.5) is 5.82 Å². The Labute approximate surface area is 117 Å². The van der Waals surface area contributed by atoms with Crippen LogP contribution in [0.1, 0.15) is 18.1 Å². The second-order valence-corrected chi connectivity index (χ2v) is 4.66. The van der Waals surface area contributed by atoms with E-state index in [1.54, 1.807) is 0 Å². The fraction of sp³-hybridized carbons (Fsp3) is 0.286. The Morgan fingerprint density at radius 2 is 2.00 bits per heavy atom. The lowest BCUT2D eigenvalue weighted by molar-refractivity contribution is 0.708. The van der Waals surface area contributed by atoms with Gasteiger partial charge in [0.2, 0.25) is 0 Å². The summed E-state index contributed by atoms with van der Waals surface area (Å²) in [7, 11) is 0. The summed E-state index contributed by atoms with van der Waals surface area (Å²) in [6.07, 6.45) is 0. The van der Waals surface area contributed by atoms with Crippen LogP contribution in [0.3, 0.4) is 0 Å². The second kappa shape index (κ2) is 5.24. The monoisotopic (exact) mass is 268 g/mol. The van der Waals surface area contributed by atoms with Crippen molar-refractivity contribution in [2.75, 3.05) is 11.4 Å². The van der Waals surface area contributed by atoms with Crippen molar-refractivity contribution in [1.29, 1.82) is 0 Å². The van der Waals surface area contributed by atoms with Gasteiger partial charge in [-0.25, -0.2) is 0 Å². The minimum atomic E-state index is 0.653. The molecule has 0 unspecified atom stereocenters. The predicted octanol–water partition coefficient (Wildman–Crippen LogP) is 1.85. The summed E-state index contributed by atoms with van der Waals surface area (Å²) in [6.45, 7) is 5.93. The number of hydrogen-bond acceptors (Lipinski definition) is 5. The van der Waals surface area contributed by atoms with Crippen molar-refractivity contribution < 1.29 is 0 Å². The molecule has 0 saturated carbocycles. The number of aryl methyl sites for hydroxylation is 1. The van der Waals surface area contributed by atoms with Gasteiger partial charge in [0.25, 0.3) is 0 Å². The Bertz CT molecular complexity index is 720. The van der Waals surface area contributed by atoms with Gasteiger partial charge in [0.1, 0.15) is 0 Å². The Morgan fingerprint density at radius 3 is 2.80 bits per heavy atom. The van der Waals surface area contributed by atoms with E-state index >= 15 is 0 Å². The number of nitrogens with zero attached hydrogens (tertiary/aromatic N) is 6. The molecule has 3 aromatic rings. The number of benzene rings is 1. The van der Waals surface area contributed by atoms with Gasteiger partial charge < -0.3 is 4.90 Å². The summed E-state index contributed by atoms with van der Waals surface area (Å²) in [5.74, 6) is 0.871. The third kappa shape index (κ3) is 2.32. The minimum absolute atomic E-state index is 0.653. The van der Waals surface area contributed by atoms with Crippen molar-refractivity contribution in [3.8, 4) is 0 Å². The molecule has 20 heavy (non-hydrogen) atoms. The molecule has 0 aliphatic rings. The lowest BCUT2D eigenvalue weighted by atomic mass is 10.1. The van der Waals surface area contributed by atoms with Gasteiger partial charge in [-0.05, 0) is 47.5 Å². The average molecular weight is 268 g/mol. The maximum atomic E-state index is 4.44. The summed E-state index contributed by atoms with van der Waals surface area (Å²) in [4.78, 5) is 2.20. The molecule has 1 aromatic carbocycles. The van der Waals surface area contributed by atoms with Crippen molar-refractivity contribution in [3.63, 3.8) is 0 Å². The third-order valence-electron chi connectivity index (χ3n) is 3.38. The zero-order valence-corrected chi connectivity index (χ0v) is 11.6. The van der Waals surface area contributed by atoms with E-state index in [0.29, 0.717) is 5.65 Å². The fourth-order valence-electron chi connectivity index (χ4n) is 2.16. The molecule has 0 radical (unpaired) electrons. The van der Waals surface area contributed by atoms with E-state index in [4.69, 9.17) is 0 Å². The summed E-state index contributed by atoms with van der Waals surface area (Å²) in [6, 6.07) is 12.2. The number of anilines is 1. The van der Waals surface area contributed by atoms with Crippen molar-refractivity contribution in [2.24, 2.45) is 0 Å². The van der Waals surface area contributed by atoms with E-state index in [1.165, 1.54) is 15.8 Å². The van der Waals surface area contributed by atoms with Gasteiger partial charge in [-0.15, -0.1) is 14.8 Å². The molecule has 2 heterocycles. The van der Waals surface area contributed by atoms with Gasteiger partial charge in [-0.3, -0.25) is 0 Å². The van der Waals surface area contributed by atoms with Crippen LogP contribution in [-0.4, -0.2) is 31.8 Å². The van der Waals surface area contributed by atoms with E-state index < -0.39 is 0 Å². The molecule has 0 saturated heterocycles. The average Bonchev–Trinajstić information content (AvgIpc) is 2.94. The largest absolute Gasteiger partial charge is 0.351 e. The first-order chi connectivity index (χ1) is 9.78. The van der Waals surface area contributed by atoms with Gasteiger partial charge in [-0.1, -0.05) is 24.3 Å². The summed E-state index contributed by atoms with van der Waals surface area (Å²) >= 11 is 0. The number of hydrogen-bond donors (Lipinski definition) is 0. The molecular formula is C14H16N6. The van der Waals surface area contributed by atoms with Crippen molar-refractivity contribution >= 4 is 11.5 Å². The van der Waals surface area contributed by atoms with Crippen LogP contribution in [0.2, 0.25) is 0 Å². The molecule has 0 amide bonds. The van der Waals surface area contributed by atoms with Gasteiger partial charge in [0.05, 0.1) is 0 Å². The molecule has 0 spiro atoms. The molecule has 6 heteroatoms. The first-order valence-corrected chi connectivity index (χ1v) is 6.63. The topological polar surface area (TPSA) is 59.2 Å². The van der Waals surface area contributed by atoms with E-state index in [0.717, 1.165) is 18.9 Å². The lowest BCUT2D eigenvalue weighted by Crippen LogP contribution is -2.24. The number of rotatable bonds is 4. The minimum Gasteiger partial charge on any atom is -0.351 e. The number of aromatic nitrogens is 5. The van der Waals surface area contributed by atoms with Gasteiger partial charge in [-0.2, -0.15) is 0 Å². The highest BCUT2D eigenvalue weighted by atomic mass is 15.6. The zero-order chi connectivity index (χ0) is 13.9. The standard InChI is InChI=1S/C14H16N6/c1-3-19(10-12-7-5-4-6-11(12)2)14-9-8-13-15-17-18-20(13)16-14/h4-9H,3,10H2,1-2H3. The molecule has 0 fully saturated rings. The second-order valence-electron chi connectivity index (χ2n) is 4.66. The molecule has 0 atom stereocenters. The normalized spacial score (nSPS) is 10.9. The van der Waals surface area contributed by atoms with Crippen LogP contribution >= 0.6 is 0 Å². The van der Waals surface area contributed by atoms with E-state index in [2.05, 4.69) is 63.6 Å². The maximum absolute atomic E-state index is 4.44. The molecular weight excluding hydrogens is 252 g/mol. The summed E-state index contributed by atoms with van der Waals surface area (Å²) < 4.78 is 1.45. The number of fused-ring (bicyclic) bond motifs is 1. The highest BCUT2D eigenvalue weighted by Crippen LogP contribution is 2.16. The van der Waals surface area contributed by atoms with Gasteiger partial charge >= 0.3 is 0 Å². The molecule has 2 aromatic heterocycles. The van der Waals surface area contributed by atoms with E-state index in [-0.39, 0.29) is 0 Å². The van der Waals surface area contributed by atoms with Crippen LogP contribution < -0.4 is 4.90 Å². The predicted molar refractivity (Wildman–Crippen MR) is 76.5 cm³/mol. The first-order valence-electron chi connectivity index (χ1n) is 6.63. The van der Waals surface area contributed by atoms with Gasteiger partial charge in [0.15, 0.2) is 11.5 Å². The van der Waals surface area contributed by atoms with Crippen LogP contribution in [-0.2, 0) is 6.54 Å². The SMILES string of the molecule is CCN(Cc1ccccc1C)c1ccc2nnnn2n1. The Balaban J connectivity index is 1.91. The summed E-state index contributed by atoms with van der Waals surface area (Å²) in [5, 5.41) is 15.7. The quantitative estimate of drug-likeness (QED) is 0.722. The van der Waals surface area contributed by atoms with Crippen LogP contribution in [0, 0.1) is 6.92 Å². The van der Waals surface area contributed by atoms with Crippen LogP contribution in [0.5, 0.6) is 0 Å². The molecule has 3 rings (SSSR count). The Kier molecular flexibility index (Phi) is 3.28. The summed E-state index contributed by atoms with van der Waals surface area (Å²) in [5.41, 5.74) is 3.24. The Hall–Kier alpha value is -2.50. The third-order valence-corrected chi connectivity index (χ3v) is 3.38. The molecule has 0 bridgehead atoms. The Morgan fingerprint density at radius 1 is 1.15 bits per heavy atom. The zero-order valence-electron chi connectivity index (χ0n) is 11.6. The smallest absolute Gasteiger partial charge is 0.200 e. The molecule has 0 aliphatic heterocycles. The van der Waals surface area contributed by atoms with Crippen molar-refractivity contribution in [2.45, 2.75) is 20.4 Å².